The van der Waals surface area contributed by atoms with Gasteiger partial charge in [0.2, 0.25) is 0 Å². The van der Waals surface area contributed by atoms with Crippen LogP contribution in [0.15, 0.2) is 61.2 Å². The molecule has 2 aromatic heterocycles. The number of methoxy groups -OCH3 is 1. The van der Waals surface area contributed by atoms with Gasteiger partial charge in [-0.1, -0.05) is 29.0 Å². The Morgan fingerprint density at radius 2 is 2.13 bits per heavy atom. The molecule has 1 amide bonds. The number of aryl methyl sites for hydroxylation is 1. The highest BCUT2D eigenvalue weighted by Crippen LogP contribution is 2.32. The predicted octanol–water partition coefficient (Wildman–Crippen LogP) is 5.31. The summed E-state index contributed by atoms with van der Waals surface area (Å²) in [5.74, 6) is 0.643. The Hall–Kier alpha value is -2.61. The molecule has 0 bridgehead atoms. The van der Waals surface area contributed by atoms with E-state index in [1.165, 1.54) is 11.3 Å². The lowest BCUT2D eigenvalue weighted by Gasteiger charge is -2.20. The molecule has 0 aliphatic rings. The summed E-state index contributed by atoms with van der Waals surface area (Å²) in [5, 5.41) is 1.19. The van der Waals surface area contributed by atoms with Gasteiger partial charge in [-0.15, -0.1) is 12.4 Å². The van der Waals surface area contributed by atoms with Crippen molar-refractivity contribution in [2.24, 2.45) is 0 Å². The van der Waals surface area contributed by atoms with Crippen LogP contribution in [0.4, 0.5) is 5.13 Å². The topological polar surface area (TPSA) is 60.2 Å². The summed E-state index contributed by atoms with van der Waals surface area (Å²) < 4.78 is 8.26. The molecule has 4 rings (SSSR count). The van der Waals surface area contributed by atoms with Gasteiger partial charge in [0.05, 0.1) is 23.7 Å². The lowest BCUT2D eigenvalue weighted by atomic mass is 10.2. The number of imidazole rings is 1. The SMILES string of the molecule is COc1ccc2nc(N(CCCn3ccnc3)C(=O)c3cccc(Cl)c3)sc2c1.Cl. The fraction of sp³-hybridized carbons (Fsp3) is 0.190. The van der Waals surface area contributed by atoms with Crippen molar-refractivity contribution in [1.29, 1.82) is 0 Å². The molecule has 0 unspecified atom stereocenters. The summed E-state index contributed by atoms with van der Waals surface area (Å²) >= 11 is 7.57. The molecule has 4 aromatic rings. The number of hydrogen-bond acceptors (Lipinski definition) is 5. The fourth-order valence-electron chi connectivity index (χ4n) is 3.03. The van der Waals surface area contributed by atoms with Gasteiger partial charge in [-0.25, -0.2) is 9.97 Å². The number of carbonyl (C=O) groups is 1. The van der Waals surface area contributed by atoms with Crippen molar-refractivity contribution in [2.45, 2.75) is 13.0 Å². The Morgan fingerprint density at radius 1 is 1.27 bits per heavy atom. The first-order valence-corrected chi connectivity index (χ1v) is 10.3. The maximum atomic E-state index is 13.3. The van der Waals surface area contributed by atoms with Crippen LogP contribution in [0.3, 0.4) is 0 Å². The van der Waals surface area contributed by atoms with E-state index in [0.717, 1.165) is 28.9 Å². The normalized spacial score (nSPS) is 10.6. The summed E-state index contributed by atoms with van der Waals surface area (Å²) in [6.07, 6.45) is 6.19. The molecular formula is C21H20Cl2N4O2S. The fourth-order valence-corrected chi connectivity index (χ4v) is 4.24. The van der Waals surface area contributed by atoms with Crippen molar-refractivity contribution in [3.63, 3.8) is 0 Å². The van der Waals surface area contributed by atoms with Gasteiger partial charge in [0.15, 0.2) is 5.13 Å². The molecule has 0 radical (unpaired) electrons. The third kappa shape index (κ3) is 4.92. The summed E-state index contributed by atoms with van der Waals surface area (Å²) in [5.41, 5.74) is 1.38. The molecular weight excluding hydrogens is 443 g/mol. The quantitative estimate of drug-likeness (QED) is 0.373. The van der Waals surface area contributed by atoms with Crippen molar-refractivity contribution in [1.82, 2.24) is 14.5 Å². The summed E-state index contributed by atoms with van der Waals surface area (Å²) in [6.45, 7) is 1.29. The van der Waals surface area contributed by atoms with E-state index >= 15 is 0 Å². The Morgan fingerprint density at radius 3 is 2.87 bits per heavy atom. The summed E-state index contributed by atoms with van der Waals surface area (Å²) in [4.78, 5) is 23.8. The smallest absolute Gasteiger partial charge is 0.260 e. The number of aromatic nitrogens is 3. The molecule has 0 aliphatic heterocycles. The average molecular weight is 463 g/mol. The molecule has 156 valence electrons. The summed E-state index contributed by atoms with van der Waals surface area (Å²) in [7, 11) is 1.63. The number of ether oxygens (including phenoxy) is 1. The van der Waals surface area contributed by atoms with Gasteiger partial charge in [0.1, 0.15) is 5.75 Å². The number of carbonyl (C=O) groups excluding carboxylic acids is 1. The Kier molecular flexibility index (Phi) is 7.31. The number of fused-ring (bicyclic) bond motifs is 1. The van der Waals surface area contributed by atoms with Gasteiger partial charge < -0.3 is 9.30 Å². The van der Waals surface area contributed by atoms with Crippen LogP contribution in [0.25, 0.3) is 10.2 Å². The van der Waals surface area contributed by atoms with E-state index in [-0.39, 0.29) is 18.3 Å². The zero-order valence-electron chi connectivity index (χ0n) is 16.2. The van der Waals surface area contributed by atoms with Crippen LogP contribution in [-0.2, 0) is 6.54 Å². The molecule has 6 nitrogen and oxygen atoms in total. The third-order valence-electron chi connectivity index (χ3n) is 4.49. The molecule has 0 N–H and O–H groups in total. The first-order chi connectivity index (χ1) is 14.1. The molecule has 0 fully saturated rings. The minimum absolute atomic E-state index is 0. The van der Waals surface area contributed by atoms with E-state index < -0.39 is 0 Å². The van der Waals surface area contributed by atoms with Gasteiger partial charge in [0, 0.05) is 36.1 Å². The second kappa shape index (κ2) is 9.93. The van der Waals surface area contributed by atoms with Crippen molar-refractivity contribution in [3.05, 3.63) is 71.8 Å². The van der Waals surface area contributed by atoms with Crippen molar-refractivity contribution < 1.29 is 9.53 Å². The highest BCUT2D eigenvalue weighted by molar-refractivity contribution is 7.22. The predicted molar refractivity (Wildman–Crippen MR) is 123 cm³/mol. The van der Waals surface area contributed by atoms with Gasteiger partial charge in [-0.05, 0) is 42.8 Å². The lowest BCUT2D eigenvalue weighted by Crippen LogP contribution is -2.32. The Bertz CT molecular complexity index is 1130. The van der Waals surface area contributed by atoms with E-state index in [4.69, 9.17) is 16.3 Å². The number of hydrogen-bond donors (Lipinski definition) is 0. The maximum absolute atomic E-state index is 13.3. The van der Waals surface area contributed by atoms with Gasteiger partial charge in [0.25, 0.3) is 5.91 Å². The monoisotopic (exact) mass is 462 g/mol. The van der Waals surface area contributed by atoms with Crippen LogP contribution in [0.1, 0.15) is 16.8 Å². The molecule has 2 aromatic carbocycles. The second-order valence-electron chi connectivity index (χ2n) is 6.45. The Labute approximate surface area is 189 Å². The largest absolute Gasteiger partial charge is 0.497 e. The van der Waals surface area contributed by atoms with Crippen LogP contribution in [0, 0.1) is 0 Å². The zero-order valence-corrected chi connectivity index (χ0v) is 18.6. The van der Waals surface area contributed by atoms with Crippen LogP contribution >= 0.6 is 35.3 Å². The second-order valence-corrected chi connectivity index (χ2v) is 7.90. The highest BCUT2D eigenvalue weighted by Gasteiger charge is 2.21. The van der Waals surface area contributed by atoms with E-state index in [9.17, 15) is 4.79 Å². The number of anilines is 1. The van der Waals surface area contributed by atoms with E-state index in [0.29, 0.717) is 22.3 Å². The van der Waals surface area contributed by atoms with Crippen LogP contribution in [0.5, 0.6) is 5.75 Å². The standard InChI is InChI=1S/C21H19ClN4O2S.ClH/c1-28-17-6-7-18-19(13-17)29-21(24-18)26(10-3-9-25-11-8-23-14-25)20(27)15-4-2-5-16(22)12-15;/h2,4-8,11-14H,3,9-10H2,1H3;1H. The maximum Gasteiger partial charge on any atom is 0.260 e. The minimum Gasteiger partial charge on any atom is -0.497 e. The molecule has 0 aliphatic carbocycles. The Balaban J connectivity index is 0.00000256. The van der Waals surface area contributed by atoms with E-state index in [2.05, 4.69) is 9.97 Å². The van der Waals surface area contributed by atoms with Gasteiger partial charge >= 0.3 is 0 Å². The number of benzene rings is 2. The van der Waals surface area contributed by atoms with Crippen molar-refractivity contribution in [2.75, 3.05) is 18.6 Å². The molecule has 2 heterocycles. The third-order valence-corrected chi connectivity index (χ3v) is 5.77. The zero-order chi connectivity index (χ0) is 20.2. The van der Waals surface area contributed by atoms with E-state index in [1.54, 1.807) is 48.8 Å². The van der Waals surface area contributed by atoms with Gasteiger partial charge in [-0.2, -0.15) is 0 Å². The number of halogens is 2. The number of nitrogens with zero attached hydrogens (tertiary/aromatic N) is 4. The molecule has 0 atom stereocenters. The minimum atomic E-state index is -0.121. The van der Waals surface area contributed by atoms with Gasteiger partial charge in [-0.3, -0.25) is 9.69 Å². The number of rotatable bonds is 7. The number of amides is 1. The molecule has 0 saturated carbocycles. The molecule has 9 heteroatoms. The molecule has 30 heavy (non-hydrogen) atoms. The summed E-state index contributed by atoms with van der Waals surface area (Å²) in [6, 6.07) is 12.7. The average Bonchev–Trinajstić information content (AvgIpc) is 3.39. The first-order valence-electron chi connectivity index (χ1n) is 9.12. The van der Waals surface area contributed by atoms with Crippen LogP contribution in [-0.4, -0.2) is 34.1 Å². The van der Waals surface area contributed by atoms with Crippen LogP contribution < -0.4 is 9.64 Å². The van der Waals surface area contributed by atoms with Crippen LogP contribution in [0.2, 0.25) is 5.02 Å². The molecule has 0 spiro atoms. The van der Waals surface area contributed by atoms with Crippen molar-refractivity contribution in [3.8, 4) is 5.75 Å². The lowest BCUT2D eigenvalue weighted by molar-refractivity contribution is 0.0986. The molecule has 0 saturated heterocycles. The highest BCUT2D eigenvalue weighted by atomic mass is 35.5. The first kappa shape index (κ1) is 22.1. The van der Waals surface area contributed by atoms with Crippen molar-refractivity contribution >= 4 is 56.6 Å². The number of thiazole rings is 1. The van der Waals surface area contributed by atoms with E-state index in [1.807, 2.05) is 29.0 Å².